The van der Waals surface area contributed by atoms with Crippen LogP contribution in [0.5, 0.6) is 11.5 Å². The summed E-state index contributed by atoms with van der Waals surface area (Å²) in [6.07, 6.45) is 6.49. The number of rotatable bonds is 16. The predicted octanol–water partition coefficient (Wildman–Crippen LogP) is 3.22. The maximum absolute atomic E-state index is 14.8. The Balaban J connectivity index is 1.39. The number of carbonyl (C=O) groups is 9. The van der Waals surface area contributed by atoms with Crippen molar-refractivity contribution in [3.05, 3.63) is 144 Å². The SMILES string of the molecule is COc1ccc(/C=C/C(=O)OC[C@@H]2NC(=O)[C@@H](Cc3c[nH]c4ccccc34)NC(=O)[C@@H](COC(=O)/C=C/c3ccc(OC)cc3)NC(=O)[C@@H](C(C)C)NC(=O)[C@H](Cc3ccccc3)NC(=O)[C@@H](C(C)C)NC(=O)[C@@H](C)NC2=O)cc1. The molecule has 6 rings (SSSR count). The van der Waals surface area contributed by atoms with Crippen molar-refractivity contribution in [2.75, 3.05) is 27.4 Å². The molecule has 0 spiro atoms. The molecule has 0 radical (unpaired) electrons. The number of hydrogen-bond donors (Lipinski definition) is 8. The molecule has 1 aliphatic rings. The first-order chi connectivity index (χ1) is 38.3. The van der Waals surface area contributed by atoms with Crippen LogP contribution in [0.3, 0.4) is 0 Å². The highest BCUT2D eigenvalue weighted by Gasteiger charge is 2.37. The third-order valence-electron chi connectivity index (χ3n) is 13.0. The normalized spacial score (nSPS) is 21.1. The van der Waals surface area contributed by atoms with E-state index in [0.717, 1.165) is 12.2 Å². The number of H-pyrrole nitrogens is 1. The molecule has 2 heterocycles. The van der Waals surface area contributed by atoms with Crippen LogP contribution in [0.25, 0.3) is 23.1 Å². The maximum atomic E-state index is 14.8. The van der Waals surface area contributed by atoms with Crippen molar-refractivity contribution in [2.45, 2.75) is 89.8 Å². The lowest BCUT2D eigenvalue weighted by molar-refractivity contribution is -0.143. The van der Waals surface area contributed by atoms with Gasteiger partial charge in [-0.25, -0.2) is 9.59 Å². The van der Waals surface area contributed by atoms with Crippen LogP contribution in [-0.2, 0) is 65.5 Å². The number of amides is 7. The van der Waals surface area contributed by atoms with E-state index in [-0.39, 0.29) is 12.8 Å². The van der Waals surface area contributed by atoms with Gasteiger partial charge in [0.15, 0.2) is 0 Å². The molecule has 4 aromatic carbocycles. The fourth-order valence-electron chi connectivity index (χ4n) is 8.39. The van der Waals surface area contributed by atoms with Crippen LogP contribution in [0.15, 0.2) is 121 Å². The monoisotopic (exact) mass is 1100 g/mol. The molecule has 0 bridgehead atoms. The van der Waals surface area contributed by atoms with E-state index in [4.69, 9.17) is 18.9 Å². The van der Waals surface area contributed by atoms with Gasteiger partial charge in [-0.1, -0.05) is 100 Å². The number of fused-ring (bicyclic) bond motifs is 1. The molecule has 422 valence electrons. The highest BCUT2D eigenvalue weighted by Crippen LogP contribution is 2.20. The zero-order chi connectivity index (χ0) is 57.9. The molecule has 0 aliphatic carbocycles. The molecule has 1 aromatic heterocycles. The molecule has 7 amide bonds. The fourth-order valence-corrected chi connectivity index (χ4v) is 8.39. The van der Waals surface area contributed by atoms with Gasteiger partial charge in [0.2, 0.25) is 41.4 Å². The van der Waals surface area contributed by atoms with E-state index in [2.05, 4.69) is 42.2 Å². The van der Waals surface area contributed by atoms with Crippen LogP contribution in [0.2, 0.25) is 0 Å². The lowest BCUT2D eigenvalue weighted by Gasteiger charge is -2.29. The number of ether oxygens (including phenoxy) is 4. The van der Waals surface area contributed by atoms with Gasteiger partial charge >= 0.3 is 11.9 Å². The standard InChI is InChI=1S/C59H68N8O13/c1-34(2)51-58(75)63-45(29-39-13-9-8-10-14-39)55(72)67-52(35(3)4)59(76)65-48(33-80-50(69)28-22-38-19-25-42(78-7)26-20-38)57(74)62-46(30-40-31-60-44-16-12-11-15-43(40)44)54(71)64-47(56(73)61-36(5)53(70)66-51)32-79-49(68)27-21-37-17-23-41(77-6)24-18-37/h8-28,31,34-36,45-48,51-52,60H,29-30,32-33H2,1-7H3,(H,61,73)(H,62,74)(H,63,75)(H,64,71)(H,65,76)(H,66,70)(H,67,72)/b27-21+,28-22+/t36-,45+,46-,47+,48-,51-,52-/m1/s1. The van der Waals surface area contributed by atoms with Crippen molar-refractivity contribution in [1.82, 2.24) is 42.2 Å². The van der Waals surface area contributed by atoms with Gasteiger partial charge in [0, 0.05) is 42.1 Å². The van der Waals surface area contributed by atoms with Gasteiger partial charge < -0.3 is 61.1 Å². The van der Waals surface area contributed by atoms with Crippen molar-refractivity contribution in [2.24, 2.45) is 11.8 Å². The topological polar surface area (TPSA) is 291 Å². The van der Waals surface area contributed by atoms with E-state index >= 15 is 0 Å². The molecule has 0 saturated carbocycles. The predicted molar refractivity (Wildman–Crippen MR) is 297 cm³/mol. The van der Waals surface area contributed by atoms with Gasteiger partial charge in [0.25, 0.3) is 0 Å². The molecule has 1 fully saturated rings. The van der Waals surface area contributed by atoms with E-state index in [0.29, 0.717) is 44.7 Å². The van der Waals surface area contributed by atoms with Crippen LogP contribution in [0.1, 0.15) is 56.9 Å². The number of aromatic amines is 1. The molecule has 80 heavy (non-hydrogen) atoms. The number of para-hydroxylation sites is 1. The number of esters is 2. The third-order valence-corrected chi connectivity index (χ3v) is 13.0. The van der Waals surface area contributed by atoms with E-state index in [1.165, 1.54) is 33.3 Å². The minimum atomic E-state index is -1.73. The Hall–Kier alpha value is -9.27. The highest BCUT2D eigenvalue weighted by molar-refractivity contribution is 5.99. The minimum Gasteiger partial charge on any atom is -0.497 e. The molecular weight excluding hydrogens is 1030 g/mol. The van der Waals surface area contributed by atoms with Crippen molar-refractivity contribution in [3.8, 4) is 11.5 Å². The number of hydrogen-bond acceptors (Lipinski definition) is 13. The summed E-state index contributed by atoms with van der Waals surface area (Å²) in [5, 5.41) is 19.2. The molecule has 8 N–H and O–H groups in total. The molecular formula is C59H68N8O13. The lowest BCUT2D eigenvalue weighted by Crippen LogP contribution is -2.62. The zero-order valence-corrected chi connectivity index (χ0v) is 45.5. The number of benzene rings is 4. The van der Waals surface area contributed by atoms with Crippen molar-refractivity contribution in [1.29, 1.82) is 0 Å². The van der Waals surface area contributed by atoms with Gasteiger partial charge in [0.05, 0.1) is 14.2 Å². The zero-order valence-electron chi connectivity index (χ0n) is 45.5. The van der Waals surface area contributed by atoms with Gasteiger partial charge in [0.1, 0.15) is 67.0 Å². The van der Waals surface area contributed by atoms with Crippen LogP contribution < -0.4 is 46.7 Å². The van der Waals surface area contributed by atoms with Crippen LogP contribution in [0.4, 0.5) is 0 Å². The Morgan fingerprint density at radius 2 is 0.912 bits per heavy atom. The van der Waals surface area contributed by atoms with Crippen molar-refractivity contribution in [3.63, 3.8) is 0 Å². The Labute approximate surface area is 463 Å². The second kappa shape index (κ2) is 28.9. The summed E-state index contributed by atoms with van der Waals surface area (Å²) in [4.78, 5) is 131. The van der Waals surface area contributed by atoms with Crippen molar-refractivity contribution >= 4 is 76.3 Å². The molecule has 0 unspecified atom stereocenters. The Morgan fingerprint density at radius 1 is 0.487 bits per heavy atom. The summed E-state index contributed by atoms with van der Waals surface area (Å²) >= 11 is 0. The lowest BCUT2D eigenvalue weighted by atomic mass is 9.99. The molecule has 21 nitrogen and oxygen atoms in total. The average molecular weight is 1100 g/mol. The first kappa shape index (κ1) is 60.0. The highest BCUT2D eigenvalue weighted by atomic mass is 16.5. The number of carbonyl (C=O) groups excluding carboxylic acids is 9. The van der Waals surface area contributed by atoms with Gasteiger partial charge in [-0.05, 0) is 83.5 Å². The molecule has 1 aliphatic heterocycles. The first-order valence-corrected chi connectivity index (χ1v) is 26.0. The summed E-state index contributed by atoms with van der Waals surface area (Å²) in [5.74, 6) is -8.13. The Bertz CT molecular complexity index is 3050. The van der Waals surface area contributed by atoms with E-state index in [1.54, 1.807) is 137 Å². The quantitative estimate of drug-likeness (QED) is 0.0521. The summed E-state index contributed by atoms with van der Waals surface area (Å²) < 4.78 is 21.5. The molecule has 1 saturated heterocycles. The smallest absolute Gasteiger partial charge is 0.330 e. The van der Waals surface area contributed by atoms with Crippen LogP contribution in [0, 0.1) is 11.8 Å². The first-order valence-electron chi connectivity index (χ1n) is 26.0. The van der Waals surface area contributed by atoms with Gasteiger partial charge in [-0.2, -0.15) is 0 Å². The summed E-state index contributed by atoms with van der Waals surface area (Å²) in [7, 11) is 3.02. The minimum absolute atomic E-state index is 0.0524. The summed E-state index contributed by atoms with van der Waals surface area (Å²) in [6, 6.07) is 19.1. The van der Waals surface area contributed by atoms with Gasteiger partial charge in [-0.15, -0.1) is 0 Å². The van der Waals surface area contributed by atoms with Gasteiger partial charge in [-0.3, -0.25) is 33.6 Å². The van der Waals surface area contributed by atoms with Crippen molar-refractivity contribution < 1.29 is 62.1 Å². The number of nitrogens with one attached hydrogen (secondary N) is 8. The summed E-state index contributed by atoms with van der Waals surface area (Å²) in [5.41, 5.74) is 3.10. The number of methoxy groups -OCH3 is 2. The maximum Gasteiger partial charge on any atom is 0.330 e. The van der Waals surface area contributed by atoms with E-state index < -0.39 is 121 Å². The average Bonchev–Trinajstić information content (AvgIpc) is 3.90. The van der Waals surface area contributed by atoms with Crippen LogP contribution in [-0.4, -0.2) is 128 Å². The second-order valence-electron chi connectivity index (χ2n) is 19.7. The Kier molecular flexibility index (Phi) is 21.7. The molecule has 21 heteroatoms. The fraction of sp³-hybridized carbons (Fsp3) is 0.339. The Morgan fingerprint density at radius 3 is 1.44 bits per heavy atom. The largest absolute Gasteiger partial charge is 0.497 e. The molecule has 7 atom stereocenters. The second-order valence-corrected chi connectivity index (χ2v) is 19.7. The van der Waals surface area contributed by atoms with Crippen LogP contribution >= 0.6 is 0 Å². The molecule has 5 aromatic rings. The van der Waals surface area contributed by atoms with E-state index in [1.807, 2.05) is 0 Å². The van der Waals surface area contributed by atoms with E-state index in [9.17, 15) is 43.2 Å². The third kappa shape index (κ3) is 17.4. The summed E-state index contributed by atoms with van der Waals surface area (Å²) in [6.45, 7) is 6.39. The number of aromatic nitrogens is 1.